The van der Waals surface area contributed by atoms with Crippen molar-refractivity contribution in [2.75, 3.05) is 25.3 Å². The minimum absolute atomic E-state index is 0.664. The summed E-state index contributed by atoms with van der Waals surface area (Å²) < 4.78 is 12.6. The molecule has 0 bridgehead atoms. The van der Waals surface area contributed by atoms with Crippen LogP contribution in [-0.4, -0.2) is 29.8 Å². The summed E-state index contributed by atoms with van der Waals surface area (Å²) >= 11 is 1.75. The highest BCUT2D eigenvalue weighted by Gasteiger charge is 2.03. The van der Waals surface area contributed by atoms with Crippen molar-refractivity contribution in [2.24, 2.45) is 0 Å². The molecule has 5 nitrogen and oxygen atoms in total. The van der Waals surface area contributed by atoms with Gasteiger partial charge in [-0.1, -0.05) is 0 Å². The number of nitrogens with one attached hydrogen (secondary N) is 1. The number of rotatable bonds is 8. The van der Waals surface area contributed by atoms with Crippen LogP contribution in [0.15, 0.2) is 28.9 Å². The number of ether oxygens (including phenoxy) is 1. The van der Waals surface area contributed by atoms with Gasteiger partial charge in [-0.3, -0.25) is 4.68 Å². The Morgan fingerprint density at radius 1 is 1.42 bits per heavy atom. The summed E-state index contributed by atoms with van der Waals surface area (Å²) in [7, 11) is 1.69. The second kappa shape index (κ2) is 7.25. The average Bonchev–Trinajstić information content (AvgIpc) is 3.03. The smallest absolute Gasteiger partial charge is 0.123 e. The monoisotopic (exact) mass is 281 g/mol. The van der Waals surface area contributed by atoms with E-state index in [0.717, 1.165) is 29.5 Å². The Balaban J connectivity index is 1.82. The van der Waals surface area contributed by atoms with Gasteiger partial charge in [0, 0.05) is 13.3 Å². The number of hydrogen-bond donors (Lipinski definition) is 1. The summed E-state index contributed by atoms with van der Waals surface area (Å²) in [5, 5.41) is 7.53. The molecule has 0 spiro atoms. The van der Waals surface area contributed by atoms with E-state index in [4.69, 9.17) is 9.15 Å². The molecule has 19 heavy (non-hydrogen) atoms. The van der Waals surface area contributed by atoms with Gasteiger partial charge in [-0.2, -0.15) is 16.9 Å². The zero-order valence-electron chi connectivity index (χ0n) is 11.3. The number of nitrogens with zero attached hydrogens (tertiary/aromatic N) is 2. The Bertz CT molecular complexity index is 496. The van der Waals surface area contributed by atoms with Crippen molar-refractivity contribution >= 4 is 17.4 Å². The van der Waals surface area contributed by atoms with Crippen LogP contribution in [0.5, 0.6) is 0 Å². The lowest BCUT2D eigenvalue weighted by atomic mass is 10.4. The summed E-state index contributed by atoms with van der Waals surface area (Å²) in [5.41, 5.74) is 0.985. The van der Waals surface area contributed by atoms with Crippen molar-refractivity contribution in [1.82, 2.24) is 9.78 Å². The van der Waals surface area contributed by atoms with E-state index in [9.17, 15) is 0 Å². The third kappa shape index (κ3) is 4.33. The Labute approximate surface area is 117 Å². The van der Waals surface area contributed by atoms with E-state index in [2.05, 4.69) is 16.7 Å². The van der Waals surface area contributed by atoms with Gasteiger partial charge in [0.15, 0.2) is 0 Å². The summed E-state index contributed by atoms with van der Waals surface area (Å²) in [6, 6.07) is 4.03. The Kier molecular flexibility index (Phi) is 5.35. The number of hydrogen-bond acceptors (Lipinski definition) is 5. The molecule has 0 unspecified atom stereocenters. The highest BCUT2D eigenvalue weighted by molar-refractivity contribution is 7.97. The van der Waals surface area contributed by atoms with Crippen LogP contribution >= 0.6 is 11.8 Å². The lowest BCUT2D eigenvalue weighted by molar-refractivity contribution is 0.183. The third-order valence-corrected chi connectivity index (χ3v) is 3.20. The van der Waals surface area contributed by atoms with Crippen LogP contribution in [-0.2, 0) is 23.6 Å². The first kappa shape index (κ1) is 14.0. The van der Waals surface area contributed by atoms with E-state index in [1.54, 1.807) is 25.1 Å². The number of thioether (sulfide) groups is 1. The van der Waals surface area contributed by atoms with E-state index >= 15 is 0 Å². The fourth-order valence-electron chi connectivity index (χ4n) is 1.69. The van der Waals surface area contributed by atoms with Crippen LogP contribution in [0.2, 0.25) is 0 Å². The molecule has 0 atom stereocenters. The topological polar surface area (TPSA) is 52.2 Å². The van der Waals surface area contributed by atoms with Gasteiger partial charge < -0.3 is 14.5 Å². The lowest BCUT2D eigenvalue weighted by Crippen LogP contribution is -2.04. The van der Waals surface area contributed by atoms with Gasteiger partial charge >= 0.3 is 0 Å². The predicted molar refractivity (Wildman–Crippen MR) is 77.4 cm³/mol. The molecule has 0 radical (unpaired) electrons. The molecule has 0 saturated carbocycles. The molecule has 104 valence electrons. The van der Waals surface area contributed by atoms with Gasteiger partial charge in [0.2, 0.25) is 0 Å². The fourth-order valence-corrected chi connectivity index (χ4v) is 2.13. The van der Waals surface area contributed by atoms with Crippen LogP contribution in [0.1, 0.15) is 11.5 Å². The van der Waals surface area contributed by atoms with Crippen molar-refractivity contribution in [3.8, 4) is 0 Å². The number of methoxy groups -OCH3 is 1. The normalized spacial score (nSPS) is 10.8. The van der Waals surface area contributed by atoms with Crippen LogP contribution in [0.4, 0.5) is 5.69 Å². The minimum Gasteiger partial charge on any atom is -0.463 e. The molecule has 2 aromatic heterocycles. The summed E-state index contributed by atoms with van der Waals surface area (Å²) in [6.45, 7) is 2.10. The Morgan fingerprint density at radius 3 is 3.05 bits per heavy atom. The first-order valence-corrected chi connectivity index (χ1v) is 7.53. The standard InChI is InChI=1S/C13H19N3O2S/c1-17-6-5-16-9-11(7-15-16)14-8-12-3-4-13(18-12)10-19-2/h3-4,7,9,14H,5-6,8,10H2,1-2H3. The third-order valence-electron chi connectivity index (χ3n) is 2.63. The largest absolute Gasteiger partial charge is 0.463 e. The molecular weight excluding hydrogens is 262 g/mol. The van der Waals surface area contributed by atoms with E-state index < -0.39 is 0 Å². The van der Waals surface area contributed by atoms with Gasteiger partial charge in [0.25, 0.3) is 0 Å². The van der Waals surface area contributed by atoms with Gasteiger partial charge in [0.05, 0.1) is 37.3 Å². The molecule has 0 aromatic carbocycles. The van der Waals surface area contributed by atoms with Gasteiger partial charge in [0.1, 0.15) is 11.5 Å². The second-order valence-electron chi connectivity index (χ2n) is 4.14. The lowest BCUT2D eigenvalue weighted by Gasteiger charge is -2.01. The molecule has 0 amide bonds. The molecule has 0 saturated heterocycles. The van der Waals surface area contributed by atoms with E-state index in [0.29, 0.717) is 13.2 Å². The average molecular weight is 281 g/mol. The summed E-state index contributed by atoms with van der Waals surface area (Å²) in [5.74, 6) is 2.86. The molecule has 6 heteroatoms. The quantitative estimate of drug-likeness (QED) is 0.806. The summed E-state index contributed by atoms with van der Waals surface area (Å²) in [6.07, 6.45) is 5.83. The first-order valence-electron chi connectivity index (χ1n) is 6.13. The SMILES string of the molecule is COCCn1cc(NCc2ccc(CSC)o2)cn1. The van der Waals surface area contributed by atoms with Crippen LogP contribution in [0.3, 0.4) is 0 Å². The fraction of sp³-hybridized carbons (Fsp3) is 0.462. The van der Waals surface area contributed by atoms with Crippen molar-refractivity contribution in [3.63, 3.8) is 0 Å². The number of furan rings is 1. The predicted octanol–water partition coefficient (Wildman–Crippen LogP) is 2.60. The molecular formula is C13H19N3O2S. The van der Waals surface area contributed by atoms with Gasteiger partial charge in [-0.25, -0.2) is 0 Å². The Morgan fingerprint density at radius 2 is 2.26 bits per heavy atom. The molecule has 0 aliphatic heterocycles. The van der Waals surface area contributed by atoms with E-state index in [1.807, 2.05) is 23.0 Å². The maximum absolute atomic E-state index is 5.69. The first-order chi connectivity index (χ1) is 9.31. The van der Waals surface area contributed by atoms with Crippen molar-refractivity contribution in [1.29, 1.82) is 0 Å². The van der Waals surface area contributed by atoms with Crippen molar-refractivity contribution < 1.29 is 9.15 Å². The van der Waals surface area contributed by atoms with Gasteiger partial charge in [-0.15, -0.1) is 0 Å². The van der Waals surface area contributed by atoms with E-state index in [-0.39, 0.29) is 0 Å². The maximum Gasteiger partial charge on any atom is 0.123 e. The minimum atomic E-state index is 0.664. The summed E-state index contributed by atoms with van der Waals surface area (Å²) in [4.78, 5) is 0. The van der Waals surface area contributed by atoms with E-state index in [1.165, 1.54) is 0 Å². The highest BCUT2D eigenvalue weighted by Crippen LogP contribution is 2.15. The maximum atomic E-state index is 5.69. The molecule has 1 N–H and O–H groups in total. The molecule has 2 aromatic rings. The zero-order valence-corrected chi connectivity index (χ0v) is 12.1. The van der Waals surface area contributed by atoms with Crippen LogP contribution < -0.4 is 5.32 Å². The van der Waals surface area contributed by atoms with Crippen molar-refractivity contribution in [2.45, 2.75) is 18.8 Å². The number of aromatic nitrogens is 2. The molecule has 2 rings (SSSR count). The molecule has 0 fully saturated rings. The molecule has 2 heterocycles. The molecule has 0 aliphatic carbocycles. The highest BCUT2D eigenvalue weighted by atomic mass is 32.2. The van der Waals surface area contributed by atoms with Crippen LogP contribution in [0.25, 0.3) is 0 Å². The Hall–Kier alpha value is -1.40. The zero-order chi connectivity index (χ0) is 13.5. The number of anilines is 1. The second-order valence-corrected chi connectivity index (χ2v) is 5.01. The molecule has 0 aliphatic rings. The van der Waals surface area contributed by atoms with Gasteiger partial charge in [-0.05, 0) is 18.4 Å². The van der Waals surface area contributed by atoms with Crippen LogP contribution in [0, 0.1) is 0 Å². The van der Waals surface area contributed by atoms with Crippen molar-refractivity contribution in [3.05, 3.63) is 36.0 Å².